The number of carbonyl (C=O) groups excluding carboxylic acids is 1. The number of hydrogen-bond donors (Lipinski definition) is 3. The zero-order valence-corrected chi connectivity index (χ0v) is 11.9. The Kier molecular flexibility index (Phi) is 4.01. The molecule has 0 aliphatic heterocycles. The minimum Gasteiger partial charge on any atom is -0.508 e. The number of phenols is 1. The van der Waals surface area contributed by atoms with Crippen LogP contribution in [0.25, 0.3) is 11.5 Å². The summed E-state index contributed by atoms with van der Waals surface area (Å²) in [6, 6.07) is 6.37. The average Bonchev–Trinajstić information content (AvgIpc) is 3.17. The van der Waals surface area contributed by atoms with E-state index in [1.165, 1.54) is 18.5 Å². The van der Waals surface area contributed by atoms with E-state index in [1.54, 1.807) is 12.1 Å². The van der Waals surface area contributed by atoms with Crippen LogP contribution >= 0.6 is 11.8 Å². The van der Waals surface area contributed by atoms with Crippen LogP contribution in [0.3, 0.4) is 0 Å². The molecule has 22 heavy (non-hydrogen) atoms. The normalized spacial score (nSPS) is 10.5. The summed E-state index contributed by atoms with van der Waals surface area (Å²) in [6.07, 6.45) is 1.30. The van der Waals surface area contributed by atoms with Gasteiger partial charge in [0.15, 0.2) is 0 Å². The molecule has 1 aromatic carbocycles. The summed E-state index contributed by atoms with van der Waals surface area (Å²) in [7, 11) is 0. The van der Waals surface area contributed by atoms with Gasteiger partial charge in [-0.3, -0.25) is 10.1 Å². The fourth-order valence-corrected chi connectivity index (χ4v) is 2.11. The number of hydrogen-bond acceptors (Lipinski definition) is 8. The molecule has 1 amide bonds. The number of anilines is 1. The molecule has 0 bridgehead atoms. The van der Waals surface area contributed by atoms with Crippen molar-refractivity contribution in [2.24, 2.45) is 0 Å². The summed E-state index contributed by atoms with van der Waals surface area (Å²) in [5.74, 6) is 0.574. The number of benzene rings is 1. The first-order chi connectivity index (χ1) is 10.7. The van der Waals surface area contributed by atoms with Crippen LogP contribution in [0.5, 0.6) is 5.75 Å². The van der Waals surface area contributed by atoms with E-state index in [9.17, 15) is 9.90 Å². The third kappa shape index (κ3) is 3.41. The minimum atomic E-state index is -0.272. The molecule has 3 rings (SSSR count). The summed E-state index contributed by atoms with van der Waals surface area (Å²) >= 11 is 1.11. The summed E-state index contributed by atoms with van der Waals surface area (Å²) in [6.45, 7) is 0. The first-order valence-corrected chi connectivity index (χ1v) is 7.10. The molecule has 9 nitrogen and oxygen atoms in total. The van der Waals surface area contributed by atoms with Gasteiger partial charge in [0, 0.05) is 5.56 Å². The predicted octanol–water partition coefficient (Wildman–Crippen LogP) is 1.29. The standard InChI is InChI=1S/C12H10N6O3S/c19-8-3-1-7(2-4-8)10-16-18-12(21-10)22-5-9(20)15-11-13-6-14-17-11/h1-4,6,19H,5H2,(H2,13,14,15,17,20). The predicted molar refractivity (Wildman–Crippen MR) is 77.1 cm³/mol. The SMILES string of the molecule is O=C(CSc1nnc(-c2ccc(O)cc2)o1)Nc1ncn[nH]1. The smallest absolute Gasteiger partial charge is 0.277 e. The molecular weight excluding hydrogens is 308 g/mol. The van der Waals surface area contributed by atoms with Crippen LogP contribution in [-0.2, 0) is 4.79 Å². The minimum absolute atomic E-state index is 0.0951. The number of aromatic nitrogens is 5. The van der Waals surface area contributed by atoms with Gasteiger partial charge >= 0.3 is 0 Å². The average molecular weight is 318 g/mol. The summed E-state index contributed by atoms with van der Waals surface area (Å²) in [5, 5.41) is 25.9. The summed E-state index contributed by atoms with van der Waals surface area (Å²) in [4.78, 5) is 15.4. The lowest BCUT2D eigenvalue weighted by Gasteiger charge is -1.98. The molecule has 3 aromatic rings. The maximum atomic E-state index is 11.7. The molecule has 0 radical (unpaired) electrons. The molecule has 10 heteroatoms. The number of carbonyl (C=O) groups is 1. The van der Waals surface area contributed by atoms with Crippen LogP contribution in [-0.4, -0.2) is 42.1 Å². The van der Waals surface area contributed by atoms with Crippen molar-refractivity contribution in [2.75, 3.05) is 11.1 Å². The van der Waals surface area contributed by atoms with Crippen LogP contribution in [0.1, 0.15) is 0 Å². The zero-order valence-electron chi connectivity index (χ0n) is 11.1. The van der Waals surface area contributed by atoms with E-state index in [4.69, 9.17) is 4.42 Å². The van der Waals surface area contributed by atoms with E-state index in [1.807, 2.05) is 0 Å². The second-order valence-corrected chi connectivity index (χ2v) is 5.02. The number of nitrogens with one attached hydrogen (secondary N) is 2. The van der Waals surface area contributed by atoms with Crippen molar-refractivity contribution in [3.05, 3.63) is 30.6 Å². The van der Waals surface area contributed by atoms with Crippen molar-refractivity contribution in [1.82, 2.24) is 25.4 Å². The maximum absolute atomic E-state index is 11.7. The Hall–Kier alpha value is -2.88. The highest BCUT2D eigenvalue weighted by Crippen LogP contribution is 2.24. The number of aromatic amines is 1. The summed E-state index contributed by atoms with van der Waals surface area (Å²) in [5.41, 5.74) is 0.684. The van der Waals surface area contributed by atoms with Gasteiger partial charge in [0.2, 0.25) is 17.7 Å². The molecule has 2 aromatic heterocycles. The molecule has 0 aliphatic rings. The highest BCUT2D eigenvalue weighted by atomic mass is 32.2. The highest BCUT2D eigenvalue weighted by molar-refractivity contribution is 7.99. The first kappa shape index (κ1) is 14.1. The lowest BCUT2D eigenvalue weighted by molar-refractivity contribution is -0.113. The largest absolute Gasteiger partial charge is 0.508 e. The number of phenolic OH excluding ortho intramolecular Hbond substituents is 1. The van der Waals surface area contributed by atoms with Gasteiger partial charge in [0.1, 0.15) is 12.1 Å². The second kappa shape index (κ2) is 6.26. The number of rotatable bonds is 5. The Morgan fingerprint density at radius 2 is 2.14 bits per heavy atom. The molecule has 0 atom stereocenters. The quantitative estimate of drug-likeness (QED) is 0.600. The third-order valence-electron chi connectivity index (χ3n) is 2.52. The van der Waals surface area contributed by atoms with Gasteiger partial charge in [-0.1, -0.05) is 11.8 Å². The Labute approximate surface area is 128 Å². The highest BCUT2D eigenvalue weighted by Gasteiger charge is 2.12. The van der Waals surface area contributed by atoms with Crippen LogP contribution < -0.4 is 5.32 Å². The number of thioether (sulfide) groups is 1. The number of H-pyrrole nitrogens is 1. The van der Waals surface area contributed by atoms with E-state index in [-0.39, 0.29) is 28.6 Å². The van der Waals surface area contributed by atoms with Gasteiger partial charge in [-0.15, -0.1) is 10.2 Å². The van der Waals surface area contributed by atoms with Crippen LogP contribution in [0.4, 0.5) is 5.95 Å². The van der Waals surface area contributed by atoms with Crippen molar-refractivity contribution < 1.29 is 14.3 Å². The van der Waals surface area contributed by atoms with E-state index >= 15 is 0 Å². The van der Waals surface area contributed by atoms with Crippen LogP contribution in [0.2, 0.25) is 0 Å². The van der Waals surface area contributed by atoms with Crippen molar-refractivity contribution in [3.8, 4) is 17.2 Å². The molecule has 0 saturated heterocycles. The fourth-order valence-electron chi connectivity index (χ4n) is 1.55. The molecule has 0 spiro atoms. The molecule has 0 saturated carbocycles. The fraction of sp³-hybridized carbons (Fsp3) is 0.0833. The first-order valence-electron chi connectivity index (χ1n) is 6.11. The second-order valence-electron chi connectivity index (χ2n) is 4.09. The molecule has 112 valence electrons. The Morgan fingerprint density at radius 1 is 1.32 bits per heavy atom. The molecule has 2 heterocycles. The van der Waals surface area contributed by atoms with Gasteiger partial charge in [-0.25, -0.2) is 5.10 Å². The van der Waals surface area contributed by atoms with Crippen molar-refractivity contribution in [2.45, 2.75) is 5.22 Å². The molecule has 0 unspecified atom stereocenters. The lowest BCUT2D eigenvalue weighted by atomic mass is 10.2. The van der Waals surface area contributed by atoms with Crippen LogP contribution in [0.15, 0.2) is 40.2 Å². The van der Waals surface area contributed by atoms with Gasteiger partial charge in [0.05, 0.1) is 5.75 Å². The van der Waals surface area contributed by atoms with Crippen molar-refractivity contribution in [1.29, 1.82) is 0 Å². The van der Waals surface area contributed by atoms with E-state index in [0.29, 0.717) is 11.5 Å². The number of aromatic hydroxyl groups is 1. The number of amides is 1. The monoisotopic (exact) mass is 318 g/mol. The third-order valence-corrected chi connectivity index (χ3v) is 3.34. The van der Waals surface area contributed by atoms with Crippen LogP contribution in [0, 0.1) is 0 Å². The van der Waals surface area contributed by atoms with Gasteiger partial charge < -0.3 is 9.52 Å². The topological polar surface area (TPSA) is 130 Å². The lowest BCUT2D eigenvalue weighted by Crippen LogP contribution is -2.15. The van der Waals surface area contributed by atoms with E-state index in [0.717, 1.165) is 11.8 Å². The Balaban J connectivity index is 1.57. The van der Waals surface area contributed by atoms with Crippen molar-refractivity contribution >= 4 is 23.6 Å². The molecule has 0 aliphatic carbocycles. The van der Waals surface area contributed by atoms with E-state index < -0.39 is 0 Å². The molecule has 3 N–H and O–H groups in total. The van der Waals surface area contributed by atoms with Gasteiger partial charge in [-0.05, 0) is 24.3 Å². The zero-order chi connectivity index (χ0) is 15.4. The van der Waals surface area contributed by atoms with Crippen molar-refractivity contribution in [3.63, 3.8) is 0 Å². The molecular formula is C12H10N6O3S. The molecule has 0 fully saturated rings. The van der Waals surface area contributed by atoms with E-state index in [2.05, 4.69) is 30.7 Å². The van der Waals surface area contributed by atoms with Gasteiger partial charge in [0.25, 0.3) is 5.22 Å². The maximum Gasteiger partial charge on any atom is 0.277 e. The Bertz CT molecular complexity index is 756. The van der Waals surface area contributed by atoms with Gasteiger partial charge in [-0.2, -0.15) is 10.1 Å². The summed E-state index contributed by atoms with van der Waals surface area (Å²) < 4.78 is 5.44. The Morgan fingerprint density at radius 3 is 2.86 bits per heavy atom. The number of nitrogens with zero attached hydrogens (tertiary/aromatic N) is 4.